The second-order valence-corrected chi connectivity index (χ2v) is 9.81. The molecule has 1 N–H and O–H groups in total. The molecule has 0 radical (unpaired) electrons. The maximum absolute atomic E-state index is 14.4. The molecule has 0 saturated heterocycles. The molecule has 4 rings (SSSR count). The third-order valence-corrected chi connectivity index (χ3v) is 6.65. The van der Waals surface area contributed by atoms with Gasteiger partial charge < -0.3 is 19.6 Å². The van der Waals surface area contributed by atoms with Crippen molar-refractivity contribution in [3.8, 4) is 11.5 Å². The van der Waals surface area contributed by atoms with Crippen molar-refractivity contribution in [1.29, 1.82) is 0 Å². The zero-order valence-electron chi connectivity index (χ0n) is 22.2. The van der Waals surface area contributed by atoms with Crippen molar-refractivity contribution in [2.75, 3.05) is 27.2 Å². The number of halogens is 1. The van der Waals surface area contributed by atoms with Crippen molar-refractivity contribution < 1.29 is 23.8 Å². The van der Waals surface area contributed by atoms with Crippen LogP contribution in [0.1, 0.15) is 57.6 Å². The Morgan fingerprint density at radius 1 is 1.24 bits per heavy atom. The van der Waals surface area contributed by atoms with Gasteiger partial charge in [-0.3, -0.25) is 23.6 Å². The van der Waals surface area contributed by atoms with Crippen LogP contribution in [-0.2, 0) is 26.4 Å². The number of carbonyl (C=O) groups is 2. The predicted molar refractivity (Wildman–Crippen MR) is 138 cm³/mol. The molecule has 10 nitrogen and oxygen atoms in total. The van der Waals surface area contributed by atoms with Gasteiger partial charge in [0.25, 0.3) is 17.4 Å². The summed E-state index contributed by atoms with van der Waals surface area (Å²) in [5, 5.41) is 14.9. The van der Waals surface area contributed by atoms with Crippen molar-refractivity contribution in [2.24, 2.45) is 7.05 Å². The molecule has 0 unspecified atom stereocenters. The van der Waals surface area contributed by atoms with Crippen molar-refractivity contribution in [2.45, 2.75) is 39.3 Å². The molecule has 0 fully saturated rings. The highest BCUT2D eigenvalue weighted by molar-refractivity contribution is 6.03. The van der Waals surface area contributed by atoms with Crippen LogP contribution in [0, 0.1) is 5.82 Å². The number of fused-ring (bicyclic) bond motifs is 1. The number of ether oxygens (including phenoxy) is 1. The van der Waals surface area contributed by atoms with Crippen LogP contribution in [-0.4, -0.2) is 68.3 Å². The fourth-order valence-corrected chi connectivity index (χ4v) is 4.69. The molecule has 3 heterocycles. The van der Waals surface area contributed by atoms with Gasteiger partial charge in [0.15, 0.2) is 17.3 Å². The molecule has 2 amide bonds. The largest absolute Gasteiger partial charge is 0.502 e. The number of nitrogens with zero attached hydrogens (tertiary/aromatic N) is 5. The van der Waals surface area contributed by atoms with Gasteiger partial charge >= 0.3 is 0 Å². The Hall–Kier alpha value is -4.15. The molecule has 3 aromatic rings. The Kier molecular flexibility index (Phi) is 7.56. The van der Waals surface area contributed by atoms with Gasteiger partial charge in [-0.05, 0) is 44.0 Å². The van der Waals surface area contributed by atoms with E-state index in [0.29, 0.717) is 17.5 Å². The average Bonchev–Trinajstić information content (AvgIpc) is 3.28. The lowest BCUT2D eigenvalue weighted by Crippen LogP contribution is -2.42. The van der Waals surface area contributed by atoms with Gasteiger partial charge in [-0.1, -0.05) is 6.07 Å². The smallest absolute Gasteiger partial charge is 0.294 e. The van der Waals surface area contributed by atoms with E-state index in [4.69, 9.17) is 4.74 Å². The van der Waals surface area contributed by atoms with Crippen molar-refractivity contribution in [3.63, 3.8) is 0 Å². The monoisotopic (exact) mass is 525 g/mol. The maximum atomic E-state index is 14.4. The highest BCUT2D eigenvalue weighted by atomic mass is 19.1. The molecular weight excluding hydrogens is 493 g/mol. The number of benzene rings is 1. The third kappa shape index (κ3) is 5.00. The van der Waals surface area contributed by atoms with Crippen LogP contribution in [0.3, 0.4) is 0 Å². The van der Waals surface area contributed by atoms with Gasteiger partial charge in [0.1, 0.15) is 5.69 Å². The summed E-state index contributed by atoms with van der Waals surface area (Å²) < 4.78 is 23.1. The molecule has 0 saturated carbocycles. The zero-order valence-corrected chi connectivity index (χ0v) is 22.2. The first kappa shape index (κ1) is 26.9. The second-order valence-electron chi connectivity index (χ2n) is 9.81. The number of aromatic nitrogens is 3. The minimum atomic E-state index is -0.787. The number of aryl methyl sites for hydroxylation is 1. The van der Waals surface area contributed by atoms with E-state index in [9.17, 15) is 23.9 Å². The van der Waals surface area contributed by atoms with Gasteiger partial charge in [-0.25, -0.2) is 4.39 Å². The van der Waals surface area contributed by atoms with Crippen LogP contribution in [0.2, 0.25) is 0 Å². The van der Waals surface area contributed by atoms with E-state index in [-0.39, 0.29) is 43.1 Å². The van der Waals surface area contributed by atoms with E-state index in [1.54, 1.807) is 51.0 Å². The van der Waals surface area contributed by atoms with Gasteiger partial charge in [0, 0.05) is 64.1 Å². The van der Waals surface area contributed by atoms with Crippen LogP contribution < -0.4 is 10.3 Å². The number of pyridine rings is 1. The molecule has 2 aromatic heterocycles. The molecule has 1 aliphatic heterocycles. The number of carbonyl (C=O) groups excluding carboxylic acids is 2. The fraction of sp³-hybridized carbons (Fsp3) is 0.407. The van der Waals surface area contributed by atoms with Crippen molar-refractivity contribution in [1.82, 2.24) is 24.1 Å². The zero-order chi connectivity index (χ0) is 27.7. The number of rotatable bonds is 8. The summed E-state index contributed by atoms with van der Waals surface area (Å²) in [6.45, 7) is 4.08. The summed E-state index contributed by atoms with van der Waals surface area (Å²) in [5.41, 5.74) is 1.10. The molecular formula is C27H32FN5O5. The normalized spacial score (nSPS) is 13.1. The maximum Gasteiger partial charge on any atom is 0.294 e. The average molecular weight is 526 g/mol. The Labute approximate surface area is 219 Å². The Balaban J connectivity index is 1.60. The van der Waals surface area contributed by atoms with E-state index < -0.39 is 35.0 Å². The van der Waals surface area contributed by atoms with E-state index >= 15 is 0 Å². The third-order valence-electron chi connectivity index (χ3n) is 6.65. The molecule has 0 atom stereocenters. The Morgan fingerprint density at radius 3 is 2.61 bits per heavy atom. The first-order valence-electron chi connectivity index (χ1n) is 12.4. The second kappa shape index (κ2) is 10.7. The topological polar surface area (TPSA) is 110 Å². The van der Waals surface area contributed by atoms with E-state index in [1.807, 2.05) is 13.1 Å². The van der Waals surface area contributed by atoms with Crippen molar-refractivity contribution >= 4 is 11.8 Å². The number of amides is 2. The summed E-state index contributed by atoms with van der Waals surface area (Å²) in [7, 11) is 4.96. The summed E-state index contributed by atoms with van der Waals surface area (Å²) in [6.07, 6.45) is 2.49. The van der Waals surface area contributed by atoms with Gasteiger partial charge in [0.05, 0.1) is 12.2 Å². The van der Waals surface area contributed by atoms with Crippen molar-refractivity contribution in [3.05, 3.63) is 74.7 Å². The van der Waals surface area contributed by atoms with Crippen LogP contribution in [0.4, 0.5) is 4.39 Å². The van der Waals surface area contributed by atoms with Gasteiger partial charge in [-0.15, -0.1) is 0 Å². The molecule has 0 bridgehead atoms. The number of aromatic hydroxyl groups is 1. The molecule has 38 heavy (non-hydrogen) atoms. The molecule has 1 aliphatic rings. The molecule has 11 heteroatoms. The van der Waals surface area contributed by atoms with Gasteiger partial charge in [-0.2, -0.15) is 5.10 Å². The summed E-state index contributed by atoms with van der Waals surface area (Å²) in [5.74, 6) is -2.10. The first-order chi connectivity index (χ1) is 18.0. The lowest BCUT2D eigenvalue weighted by molar-refractivity contribution is 0.0719. The minimum Gasteiger partial charge on any atom is -0.502 e. The van der Waals surface area contributed by atoms with Crippen LogP contribution in [0.5, 0.6) is 11.5 Å². The Bertz CT molecular complexity index is 1440. The van der Waals surface area contributed by atoms with Crippen LogP contribution in [0.15, 0.2) is 35.3 Å². The molecule has 0 aliphatic carbocycles. The quantitative estimate of drug-likeness (QED) is 0.484. The first-order valence-corrected chi connectivity index (χ1v) is 12.4. The minimum absolute atomic E-state index is 0.0658. The predicted octanol–water partition coefficient (Wildman–Crippen LogP) is 2.53. The highest BCUT2D eigenvalue weighted by Gasteiger charge is 2.35. The highest BCUT2D eigenvalue weighted by Crippen LogP contribution is 2.31. The summed E-state index contributed by atoms with van der Waals surface area (Å²) >= 11 is 0. The summed E-state index contributed by atoms with van der Waals surface area (Å²) in [4.78, 5) is 42.4. The standard InChI is InChI=1S/C27H32FN5O5/c1-16(2)33-23(26(36)30(3)4)19-9-12-32(25(35)22(19)24(34)27(33)37)15-17-6-7-20(28)21(14-17)38-13-10-18-8-11-29-31(18)5/h6-8,11,14,16,34H,9-10,12-13,15H2,1-5H3. The fourth-order valence-electron chi connectivity index (χ4n) is 4.69. The molecule has 202 valence electrons. The van der Waals surface area contributed by atoms with E-state index in [2.05, 4.69) is 5.10 Å². The van der Waals surface area contributed by atoms with Gasteiger partial charge in [0.2, 0.25) is 0 Å². The lowest BCUT2D eigenvalue weighted by Gasteiger charge is -2.32. The van der Waals surface area contributed by atoms with Crippen LogP contribution >= 0.6 is 0 Å². The van der Waals surface area contributed by atoms with Crippen LogP contribution in [0.25, 0.3) is 0 Å². The number of hydrogen-bond donors (Lipinski definition) is 1. The van der Waals surface area contributed by atoms with E-state index in [0.717, 1.165) is 5.69 Å². The van der Waals surface area contributed by atoms with E-state index in [1.165, 1.54) is 20.4 Å². The SMILES string of the molecule is CC(C)n1c(C(=O)N(C)C)c2c(c(O)c1=O)C(=O)N(Cc1ccc(F)c(OCCc3ccnn3C)c1)CC2. The molecule has 1 aromatic carbocycles. The summed E-state index contributed by atoms with van der Waals surface area (Å²) in [6, 6.07) is 5.84. The lowest BCUT2D eigenvalue weighted by atomic mass is 9.94. The molecule has 0 spiro atoms. The number of hydrogen-bond acceptors (Lipinski definition) is 6. The Morgan fingerprint density at radius 2 is 1.97 bits per heavy atom.